The maximum Gasteiger partial charge on any atom is 0.335 e. The highest BCUT2D eigenvalue weighted by molar-refractivity contribution is 6.25. The molecule has 1 saturated heterocycles. The second kappa shape index (κ2) is 7.22. The molecule has 0 bridgehead atoms. The number of carboxylic acid groups (broad SMARTS) is 1. The average molecular weight is 321 g/mol. The third-order valence-electron chi connectivity index (χ3n) is 3.24. The van der Waals surface area contributed by atoms with Crippen molar-refractivity contribution in [2.45, 2.75) is 49.7 Å². The van der Waals surface area contributed by atoms with Gasteiger partial charge in [0.1, 0.15) is 18.3 Å². The number of ether oxygens (including phenoxy) is 2. The Bertz CT molecular complexity index is 446. The van der Waals surface area contributed by atoms with Crippen LogP contribution in [0.1, 0.15) is 13.3 Å². The van der Waals surface area contributed by atoms with E-state index in [9.17, 15) is 20.1 Å². The van der Waals surface area contributed by atoms with Gasteiger partial charge in [-0.25, -0.2) is 4.79 Å². The second-order valence-corrected chi connectivity index (χ2v) is 4.78. The molecule has 1 unspecified atom stereocenters. The largest absolute Gasteiger partial charge is 0.479 e. The highest BCUT2D eigenvalue weighted by Gasteiger charge is 2.49. The lowest BCUT2D eigenvalue weighted by atomic mass is 9.97. The van der Waals surface area contributed by atoms with Crippen molar-refractivity contribution >= 4 is 17.6 Å². The van der Waals surface area contributed by atoms with Crippen molar-refractivity contribution in [1.29, 1.82) is 0 Å². The first-order valence-corrected chi connectivity index (χ1v) is 6.61. The highest BCUT2D eigenvalue weighted by atomic mass is 35.5. The molecule has 0 saturated carbocycles. The van der Waals surface area contributed by atoms with Gasteiger partial charge in [0.15, 0.2) is 18.0 Å². The number of hydrogen-bond donors (Lipinski definition) is 4. The molecule has 0 radical (unpaired) electrons. The van der Waals surface area contributed by atoms with Crippen LogP contribution in [0.5, 0.6) is 0 Å². The van der Waals surface area contributed by atoms with E-state index < -0.39 is 42.3 Å². The molecule has 0 spiro atoms. The first-order valence-electron chi connectivity index (χ1n) is 6.18. The van der Waals surface area contributed by atoms with Crippen LogP contribution in [0.4, 0.5) is 0 Å². The molecule has 4 N–H and O–H groups in total. The fourth-order valence-electron chi connectivity index (χ4n) is 1.88. The molecule has 118 valence electrons. The van der Waals surface area contributed by atoms with Crippen LogP contribution in [0.15, 0.2) is 11.6 Å². The van der Waals surface area contributed by atoms with Gasteiger partial charge in [-0.3, -0.25) is 0 Å². The van der Waals surface area contributed by atoms with E-state index in [0.717, 1.165) is 5.54 Å². The summed E-state index contributed by atoms with van der Waals surface area (Å²) in [5, 5.41) is 38.0. The number of rotatable bonds is 5. The zero-order valence-electron chi connectivity index (χ0n) is 11.2. The fourth-order valence-corrected chi connectivity index (χ4v) is 2.09. The minimum atomic E-state index is -1.79. The molecule has 0 aromatic carbocycles. The average Bonchev–Trinajstić information content (AvgIpc) is 2.46. The Kier molecular flexibility index (Phi) is 6.16. The van der Waals surface area contributed by atoms with Crippen molar-refractivity contribution in [3.8, 4) is 12.3 Å². The van der Waals surface area contributed by atoms with Crippen molar-refractivity contribution in [3.63, 3.8) is 0 Å². The van der Waals surface area contributed by atoms with Gasteiger partial charge in [0, 0.05) is 5.54 Å². The number of carboxylic acids is 1. The first-order chi connectivity index (χ1) is 9.81. The van der Waals surface area contributed by atoms with Crippen molar-refractivity contribution < 1.29 is 34.7 Å². The number of hydrogen-bond acceptors (Lipinski definition) is 6. The SMILES string of the molecule is C#CC(/C=C/Cl)(CC)O[C@@H]1O[C@H](C(=O)O)[C@@H](O)[C@H](O)[C@H]1O. The van der Waals surface area contributed by atoms with Crippen LogP contribution in [0, 0.1) is 12.3 Å². The molecule has 0 aromatic rings. The molecule has 1 heterocycles. The van der Waals surface area contributed by atoms with Crippen LogP contribution >= 0.6 is 11.6 Å². The molecule has 1 rings (SSSR count). The van der Waals surface area contributed by atoms with Crippen LogP contribution in [0.3, 0.4) is 0 Å². The Morgan fingerprint density at radius 3 is 2.48 bits per heavy atom. The smallest absolute Gasteiger partial charge is 0.335 e. The van der Waals surface area contributed by atoms with Gasteiger partial charge in [0.25, 0.3) is 0 Å². The van der Waals surface area contributed by atoms with Crippen LogP contribution < -0.4 is 0 Å². The van der Waals surface area contributed by atoms with Crippen molar-refractivity contribution in [2.75, 3.05) is 0 Å². The maximum absolute atomic E-state index is 11.0. The van der Waals surface area contributed by atoms with Crippen LogP contribution in [-0.4, -0.2) is 62.7 Å². The molecule has 6 atom stereocenters. The number of aliphatic hydroxyl groups excluding tert-OH is 3. The summed E-state index contributed by atoms with van der Waals surface area (Å²) < 4.78 is 10.4. The van der Waals surface area contributed by atoms with Crippen LogP contribution in [-0.2, 0) is 14.3 Å². The number of halogens is 1. The summed E-state index contributed by atoms with van der Waals surface area (Å²) in [5.74, 6) is 0.826. The van der Waals surface area contributed by atoms with E-state index in [1.807, 2.05) is 0 Å². The minimum Gasteiger partial charge on any atom is -0.479 e. The molecule has 21 heavy (non-hydrogen) atoms. The summed E-state index contributed by atoms with van der Waals surface area (Å²) in [6.07, 6.45) is -1.53. The Balaban J connectivity index is 3.00. The summed E-state index contributed by atoms with van der Waals surface area (Å²) in [6.45, 7) is 1.69. The van der Waals surface area contributed by atoms with E-state index in [2.05, 4.69) is 5.92 Å². The fraction of sp³-hybridized carbons (Fsp3) is 0.615. The topological polar surface area (TPSA) is 116 Å². The zero-order valence-corrected chi connectivity index (χ0v) is 12.0. The van der Waals surface area contributed by atoms with Crippen molar-refractivity contribution in [3.05, 3.63) is 11.6 Å². The van der Waals surface area contributed by atoms with E-state index in [1.54, 1.807) is 6.92 Å². The number of aliphatic hydroxyl groups is 3. The zero-order chi connectivity index (χ0) is 16.2. The van der Waals surface area contributed by atoms with E-state index in [0.29, 0.717) is 0 Å². The summed E-state index contributed by atoms with van der Waals surface area (Å²) in [5.41, 5.74) is -0.211. The predicted octanol–water partition coefficient (Wildman–Crippen LogP) is -0.570. The Morgan fingerprint density at radius 2 is 2.05 bits per heavy atom. The molecule has 1 aliphatic heterocycles. The van der Waals surface area contributed by atoms with E-state index in [1.165, 1.54) is 6.08 Å². The van der Waals surface area contributed by atoms with Gasteiger partial charge in [-0.1, -0.05) is 24.4 Å². The monoisotopic (exact) mass is 320 g/mol. The van der Waals surface area contributed by atoms with Gasteiger partial charge in [-0.15, -0.1) is 6.42 Å². The van der Waals surface area contributed by atoms with E-state index >= 15 is 0 Å². The molecule has 1 fully saturated rings. The molecule has 7 nitrogen and oxygen atoms in total. The van der Waals surface area contributed by atoms with Crippen LogP contribution in [0.2, 0.25) is 0 Å². The molecule has 0 aliphatic carbocycles. The maximum atomic E-state index is 11.0. The Morgan fingerprint density at radius 1 is 1.43 bits per heavy atom. The second-order valence-electron chi connectivity index (χ2n) is 4.53. The number of terminal acetylenes is 1. The lowest BCUT2D eigenvalue weighted by molar-refractivity contribution is -0.308. The molecule has 8 heteroatoms. The number of carbonyl (C=O) groups is 1. The first kappa shape index (κ1) is 17.9. The summed E-state index contributed by atoms with van der Waals surface area (Å²) in [7, 11) is 0. The van der Waals surface area contributed by atoms with E-state index in [-0.39, 0.29) is 6.42 Å². The Hall–Kier alpha value is -1.14. The molecular formula is C13H17ClO7. The minimum absolute atomic E-state index is 0.260. The quantitative estimate of drug-likeness (QED) is 0.501. The summed E-state index contributed by atoms with van der Waals surface area (Å²) in [4.78, 5) is 11.0. The van der Waals surface area contributed by atoms with Gasteiger partial charge in [-0.2, -0.15) is 0 Å². The third-order valence-corrected chi connectivity index (χ3v) is 3.37. The van der Waals surface area contributed by atoms with Gasteiger partial charge in [0.2, 0.25) is 0 Å². The lowest BCUT2D eigenvalue weighted by Gasteiger charge is -2.41. The predicted molar refractivity (Wildman–Crippen MR) is 72.3 cm³/mol. The lowest BCUT2D eigenvalue weighted by Crippen LogP contribution is -2.61. The van der Waals surface area contributed by atoms with Crippen molar-refractivity contribution in [2.24, 2.45) is 0 Å². The van der Waals surface area contributed by atoms with Gasteiger partial charge in [0.05, 0.1) is 0 Å². The van der Waals surface area contributed by atoms with Gasteiger partial charge >= 0.3 is 5.97 Å². The molecular weight excluding hydrogens is 304 g/mol. The highest BCUT2D eigenvalue weighted by Crippen LogP contribution is 2.28. The number of aliphatic carboxylic acids is 1. The summed E-state index contributed by atoms with van der Waals surface area (Å²) in [6, 6.07) is 0. The Labute approximate surface area is 126 Å². The molecule has 0 aromatic heterocycles. The van der Waals surface area contributed by atoms with Crippen LogP contribution in [0.25, 0.3) is 0 Å². The summed E-state index contributed by atoms with van der Waals surface area (Å²) >= 11 is 5.49. The van der Waals surface area contributed by atoms with Gasteiger partial charge < -0.3 is 29.9 Å². The molecule has 1 aliphatic rings. The normalized spacial score (nSPS) is 36.1. The standard InChI is InChI=1S/C13H17ClO7/c1-3-13(4-2,5-6-14)21-12-9(17)7(15)8(16)10(20-12)11(18)19/h1,5-10,12,15-17H,4H2,2H3,(H,18,19)/b6-5+/t7-,8-,9+,10-,12-,13?/m0/s1. The van der Waals surface area contributed by atoms with Crippen molar-refractivity contribution in [1.82, 2.24) is 0 Å². The van der Waals surface area contributed by atoms with Gasteiger partial charge in [-0.05, 0) is 12.5 Å². The third kappa shape index (κ3) is 3.74. The van der Waals surface area contributed by atoms with E-state index in [4.69, 9.17) is 32.6 Å². The molecule has 0 amide bonds.